The van der Waals surface area contributed by atoms with Crippen LogP contribution in [0, 0.1) is 11.3 Å². The van der Waals surface area contributed by atoms with Crippen LogP contribution >= 0.6 is 0 Å². The number of rotatable bonds is 7. The highest BCUT2D eigenvalue weighted by atomic mass is 16.5. The number of piperazine rings is 1. The maximum Gasteiger partial charge on any atom is 0.263 e. The van der Waals surface area contributed by atoms with Gasteiger partial charge >= 0.3 is 0 Å². The number of nitriles is 1. The molecule has 1 heterocycles. The van der Waals surface area contributed by atoms with E-state index in [1.807, 2.05) is 24.3 Å². The molecular formula is C17H23N5O2. The van der Waals surface area contributed by atoms with Crippen LogP contribution in [0.2, 0.25) is 0 Å². The van der Waals surface area contributed by atoms with Crippen molar-refractivity contribution in [3.05, 3.63) is 36.0 Å². The van der Waals surface area contributed by atoms with Crippen molar-refractivity contribution in [3.63, 3.8) is 0 Å². The first-order chi connectivity index (χ1) is 11.7. The molecule has 0 bridgehead atoms. The summed E-state index contributed by atoms with van der Waals surface area (Å²) in [5.41, 5.74) is 0.786. The van der Waals surface area contributed by atoms with Crippen molar-refractivity contribution >= 4 is 11.6 Å². The van der Waals surface area contributed by atoms with Crippen LogP contribution in [-0.4, -0.2) is 57.2 Å². The number of hydrogen-bond donors (Lipinski definition) is 3. The quantitative estimate of drug-likeness (QED) is 0.500. The molecule has 7 heteroatoms. The molecule has 0 saturated carbocycles. The Kier molecular flexibility index (Phi) is 7.08. The zero-order chi connectivity index (χ0) is 17.2. The highest BCUT2D eigenvalue weighted by Crippen LogP contribution is 2.16. The lowest BCUT2D eigenvalue weighted by atomic mass is 10.2. The van der Waals surface area contributed by atoms with Gasteiger partial charge in [-0.25, -0.2) is 0 Å². The molecule has 128 valence electrons. The molecule has 0 aliphatic carbocycles. The number of methoxy groups -OCH3 is 1. The monoisotopic (exact) mass is 329 g/mol. The van der Waals surface area contributed by atoms with Crippen LogP contribution in [0.15, 0.2) is 36.0 Å². The van der Waals surface area contributed by atoms with Crippen molar-refractivity contribution in [2.24, 2.45) is 0 Å². The Bertz CT molecular complexity index is 618. The number of carbonyl (C=O) groups excluding carboxylic acids is 1. The SMILES string of the molecule is COc1cccc(N/C=C(/C#N)C(=O)NCCN2CCNCC2)c1. The number of carbonyl (C=O) groups is 1. The average molecular weight is 329 g/mol. The number of nitrogens with one attached hydrogen (secondary N) is 3. The van der Waals surface area contributed by atoms with E-state index < -0.39 is 0 Å². The Morgan fingerprint density at radius 1 is 1.46 bits per heavy atom. The fourth-order valence-electron chi connectivity index (χ4n) is 2.37. The van der Waals surface area contributed by atoms with E-state index in [4.69, 9.17) is 10.00 Å². The molecule has 0 atom stereocenters. The predicted octanol–water partition coefficient (Wildman–Crippen LogP) is 0.536. The van der Waals surface area contributed by atoms with Gasteiger partial charge in [0.05, 0.1) is 7.11 Å². The Morgan fingerprint density at radius 3 is 2.96 bits per heavy atom. The summed E-state index contributed by atoms with van der Waals surface area (Å²) in [6.45, 7) is 5.22. The van der Waals surface area contributed by atoms with Crippen molar-refractivity contribution < 1.29 is 9.53 Å². The second-order valence-corrected chi connectivity index (χ2v) is 5.39. The van der Waals surface area contributed by atoms with E-state index >= 15 is 0 Å². The lowest BCUT2D eigenvalue weighted by molar-refractivity contribution is -0.117. The normalized spacial score (nSPS) is 15.4. The first-order valence-corrected chi connectivity index (χ1v) is 7.95. The number of amides is 1. The van der Waals surface area contributed by atoms with E-state index in [1.54, 1.807) is 13.2 Å². The summed E-state index contributed by atoms with van der Waals surface area (Å²) in [6, 6.07) is 9.19. The second-order valence-electron chi connectivity index (χ2n) is 5.39. The van der Waals surface area contributed by atoms with Gasteiger partial charge in [0, 0.05) is 57.2 Å². The third-order valence-electron chi connectivity index (χ3n) is 3.74. The number of hydrogen-bond acceptors (Lipinski definition) is 6. The van der Waals surface area contributed by atoms with Gasteiger partial charge in [-0.05, 0) is 12.1 Å². The molecule has 1 fully saturated rings. The summed E-state index contributed by atoms with van der Waals surface area (Å²) < 4.78 is 5.13. The maximum absolute atomic E-state index is 12.1. The third-order valence-corrected chi connectivity index (χ3v) is 3.74. The molecule has 7 nitrogen and oxygen atoms in total. The summed E-state index contributed by atoms with van der Waals surface area (Å²) in [6.07, 6.45) is 1.41. The fourth-order valence-corrected chi connectivity index (χ4v) is 2.37. The molecule has 24 heavy (non-hydrogen) atoms. The van der Waals surface area contributed by atoms with Gasteiger partial charge in [-0.15, -0.1) is 0 Å². The minimum atomic E-state index is -0.372. The van der Waals surface area contributed by atoms with Crippen LogP contribution in [0.5, 0.6) is 5.75 Å². The standard InChI is InChI=1S/C17H23N5O2/c1-24-16-4-2-3-15(11-16)21-13-14(12-18)17(23)20-7-10-22-8-5-19-6-9-22/h2-4,11,13,19,21H,5-10H2,1H3,(H,20,23)/b14-13-. The van der Waals surface area contributed by atoms with Gasteiger partial charge in [-0.2, -0.15) is 5.26 Å². The summed E-state index contributed by atoms with van der Waals surface area (Å²) in [4.78, 5) is 14.3. The molecule has 1 saturated heterocycles. The van der Waals surface area contributed by atoms with E-state index in [2.05, 4.69) is 20.9 Å². The van der Waals surface area contributed by atoms with Crippen molar-refractivity contribution in [3.8, 4) is 11.8 Å². The summed E-state index contributed by atoms with van der Waals surface area (Å²) >= 11 is 0. The molecule has 0 radical (unpaired) electrons. The Balaban J connectivity index is 1.82. The number of benzene rings is 1. The summed E-state index contributed by atoms with van der Waals surface area (Å²) in [7, 11) is 1.58. The minimum Gasteiger partial charge on any atom is -0.497 e. The van der Waals surface area contributed by atoms with Crippen molar-refractivity contribution in [2.45, 2.75) is 0 Å². The van der Waals surface area contributed by atoms with E-state index in [9.17, 15) is 4.79 Å². The van der Waals surface area contributed by atoms with E-state index in [0.717, 1.165) is 38.4 Å². The van der Waals surface area contributed by atoms with Gasteiger partial charge in [-0.1, -0.05) is 6.07 Å². The molecule has 1 aliphatic heterocycles. The van der Waals surface area contributed by atoms with Crippen LogP contribution < -0.4 is 20.7 Å². The van der Waals surface area contributed by atoms with Crippen LogP contribution in [0.3, 0.4) is 0 Å². The Morgan fingerprint density at radius 2 is 2.25 bits per heavy atom. The zero-order valence-corrected chi connectivity index (χ0v) is 13.8. The number of anilines is 1. The molecular weight excluding hydrogens is 306 g/mol. The summed E-state index contributed by atoms with van der Waals surface area (Å²) in [5, 5.41) is 18.2. The van der Waals surface area contributed by atoms with Gasteiger partial charge < -0.3 is 20.7 Å². The fraction of sp³-hybridized carbons (Fsp3) is 0.412. The van der Waals surface area contributed by atoms with Gasteiger partial charge in [0.25, 0.3) is 5.91 Å². The lowest BCUT2D eigenvalue weighted by Gasteiger charge is -2.27. The molecule has 1 aliphatic rings. The first-order valence-electron chi connectivity index (χ1n) is 7.95. The molecule has 2 rings (SSSR count). The van der Waals surface area contributed by atoms with Crippen LogP contribution in [0.1, 0.15) is 0 Å². The average Bonchev–Trinajstić information content (AvgIpc) is 2.63. The molecule has 3 N–H and O–H groups in total. The van der Waals surface area contributed by atoms with Gasteiger partial charge in [-0.3, -0.25) is 9.69 Å². The van der Waals surface area contributed by atoms with Crippen LogP contribution in [-0.2, 0) is 4.79 Å². The zero-order valence-electron chi connectivity index (χ0n) is 13.8. The van der Waals surface area contributed by atoms with Crippen LogP contribution in [0.4, 0.5) is 5.69 Å². The lowest BCUT2D eigenvalue weighted by Crippen LogP contribution is -2.46. The second kappa shape index (κ2) is 9.55. The van der Waals surface area contributed by atoms with E-state index in [0.29, 0.717) is 12.3 Å². The predicted molar refractivity (Wildman–Crippen MR) is 92.6 cm³/mol. The molecule has 0 unspecified atom stereocenters. The minimum absolute atomic E-state index is 0.0399. The van der Waals surface area contributed by atoms with Crippen LogP contribution in [0.25, 0.3) is 0 Å². The third kappa shape index (κ3) is 5.57. The number of nitrogens with zero attached hydrogens (tertiary/aromatic N) is 2. The van der Waals surface area contributed by atoms with Gasteiger partial charge in [0.2, 0.25) is 0 Å². The highest BCUT2D eigenvalue weighted by molar-refractivity contribution is 5.97. The Hall–Kier alpha value is -2.56. The Labute approximate surface area is 142 Å². The van der Waals surface area contributed by atoms with Crippen molar-refractivity contribution in [1.29, 1.82) is 5.26 Å². The highest BCUT2D eigenvalue weighted by Gasteiger charge is 2.11. The number of ether oxygens (including phenoxy) is 1. The van der Waals surface area contributed by atoms with E-state index in [-0.39, 0.29) is 11.5 Å². The molecule has 1 amide bonds. The maximum atomic E-state index is 12.1. The van der Waals surface area contributed by atoms with Gasteiger partial charge in [0.15, 0.2) is 0 Å². The smallest absolute Gasteiger partial charge is 0.263 e. The summed E-state index contributed by atoms with van der Waals surface area (Å²) in [5.74, 6) is 0.329. The molecule has 1 aromatic rings. The molecule has 0 aromatic heterocycles. The van der Waals surface area contributed by atoms with Crippen molar-refractivity contribution in [1.82, 2.24) is 15.5 Å². The first kappa shape index (κ1) is 17.8. The largest absolute Gasteiger partial charge is 0.497 e. The topological polar surface area (TPSA) is 89.4 Å². The van der Waals surface area contributed by atoms with Crippen molar-refractivity contribution in [2.75, 3.05) is 51.7 Å². The van der Waals surface area contributed by atoms with E-state index in [1.165, 1.54) is 6.20 Å². The molecule has 0 spiro atoms. The van der Waals surface area contributed by atoms with Gasteiger partial charge in [0.1, 0.15) is 17.4 Å². The molecule has 1 aromatic carbocycles.